The summed E-state index contributed by atoms with van der Waals surface area (Å²) in [5, 5.41) is 0. The third-order valence-corrected chi connectivity index (χ3v) is 2.20. The van der Waals surface area contributed by atoms with E-state index in [9.17, 15) is 0 Å². The number of hydrogen-bond donors (Lipinski definition) is 2. The minimum atomic E-state index is -0.0498. The largest absolute Gasteiger partial charge is 0.323 e. The van der Waals surface area contributed by atoms with E-state index in [1.54, 1.807) is 0 Å². The summed E-state index contributed by atoms with van der Waals surface area (Å²) in [4.78, 5) is 0. The maximum atomic E-state index is 5.91. The summed E-state index contributed by atoms with van der Waals surface area (Å²) >= 11 is 0. The topological polar surface area (TPSA) is 52.0 Å². The number of allylic oxidation sites excluding steroid dienone is 3. The van der Waals surface area contributed by atoms with Crippen molar-refractivity contribution in [3.05, 3.63) is 35.5 Å². The van der Waals surface area contributed by atoms with Crippen molar-refractivity contribution in [1.82, 2.24) is 0 Å². The van der Waals surface area contributed by atoms with Gasteiger partial charge < -0.3 is 11.5 Å². The van der Waals surface area contributed by atoms with Crippen molar-refractivity contribution in [3.8, 4) is 0 Å². The van der Waals surface area contributed by atoms with Crippen molar-refractivity contribution in [2.24, 2.45) is 11.5 Å². The molecule has 1 aliphatic rings. The third kappa shape index (κ3) is 1.65. The smallest absolute Gasteiger partial charge is 0.0487 e. The van der Waals surface area contributed by atoms with Crippen LogP contribution in [-0.4, -0.2) is 12.1 Å². The van der Waals surface area contributed by atoms with Crippen molar-refractivity contribution in [2.75, 3.05) is 0 Å². The van der Waals surface area contributed by atoms with E-state index in [4.69, 9.17) is 11.5 Å². The number of rotatable bonds is 1. The van der Waals surface area contributed by atoms with Crippen molar-refractivity contribution < 1.29 is 0 Å². The molecule has 2 atom stereocenters. The summed E-state index contributed by atoms with van der Waals surface area (Å²) in [7, 11) is 0. The second-order valence-electron chi connectivity index (χ2n) is 3.13. The van der Waals surface area contributed by atoms with E-state index in [1.165, 1.54) is 0 Å². The fourth-order valence-electron chi connectivity index (χ4n) is 1.30. The first kappa shape index (κ1) is 9.23. The zero-order valence-electron chi connectivity index (χ0n) is 7.62. The highest BCUT2D eigenvalue weighted by Crippen LogP contribution is 2.16. The molecule has 2 heteroatoms. The summed E-state index contributed by atoms with van der Waals surface area (Å²) in [6.45, 7) is 3.98. The van der Waals surface area contributed by atoms with Crippen molar-refractivity contribution in [3.63, 3.8) is 0 Å². The molecule has 2 nitrogen and oxygen atoms in total. The van der Waals surface area contributed by atoms with Gasteiger partial charge in [0.05, 0.1) is 0 Å². The molecule has 4 N–H and O–H groups in total. The van der Waals surface area contributed by atoms with Crippen LogP contribution in [0.4, 0.5) is 0 Å². The Balaban J connectivity index is 2.89. The molecule has 1 rings (SSSR count). The lowest BCUT2D eigenvalue weighted by Crippen LogP contribution is -2.44. The quantitative estimate of drug-likeness (QED) is 0.610. The molecule has 2 unspecified atom stereocenters. The molecule has 0 saturated carbocycles. The van der Waals surface area contributed by atoms with Crippen LogP contribution in [0.2, 0.25) is 0 Å². The highest BCUT2D eigenvalue weighted by Gasteiger charge is 2.19. The maximum absolute atomic E-state index is 5.91. The minimum Gasteiger partial charge on any atom is -0.323 e. The van der Waals surface area contributed by atoms with Gasteiger partial charge in [-0.15, -0.1) is 0 Å². The van der Waals surface area contributed by atoms with Crippen LogP contribution in [0.25, 0.3) is 0 Å². The van der Waals surface area contributed by atoms with Crippen LogP contribution >= 0.6 is 0 Å². The van der Waals surface area contributed by atoms with Crippen molar-refractivity contribution in [1.29, 1.82) is 0 Å². The van der Waals surface area contributed by atoms with Crippen LogP contribution < -0.4 is 11.5 Å². The van der Waals surface area contributed by atoms with Crippen LogP contribution in [0.15, 0.2) is 35.5 Å². The molecule has 0 heterocycles. The van der Waals surface area contributed by atoms with Gasteiger partial charge in [0.2, 0.25) is 0 Å². The van der Waals surface area contributed by atoms with Crippen molar-refractivity contribution in [2.45, 2.75) is 25.9 Å². The standard InChI is InChI=1S/C10H16N2/c1-3-4-8-6-5-7(2)9(11)10(8)12/h3-6,9-10H,11-12H2,1-2H3/b4-3+. The third-order valence-electron chi connectivity index (χ3n) is 2.20. The molecular weight excluding hydrogens is 148 g/mol. The van der Waals surface area contributed by atoms with Crippen LogP contribution in [0.5, 0.6) is 0 Å². The van der Waals surface area contributed by atoms with Gasteiger partial charge in [0.15, 0.2) is 0 Å². The second-order valence-corrected chi connectivity index (χ2v) is 3.13. The summed E-state index contributed by atoms with van der Waals surface area (Å²) in [6, 6.07) is -0.0765. The Morgan fingerprint density at radius 2 is 1.92 bits per heavy atom. The fraction of sp³-hybridized carbons (Fsp3) is 0.400. The molecule has 0 aromatic rings. The van der Waals surface area contributed by atoms with Crippen LogP contribution in [-0.2, 0) is 0 Å². The predicted molar refractivity (Wildman–Crippen MR) is 52.6 cm³/mol. The molecule has 0 spiro atoms. The van der Waals surface area contributed by atoms with Crippen LogP contribution in [0.1, 0.15) is 13.8 Å². The first-order chi connectivity index (χ1) is 5.66. The van der Waals surface area contributed by atoms with E-state index in [0.717, 1.165) is 11.1 Å². The summed E-state index contributed by atoms with van der Waals surface area (Å²) in [6.07, 6.45) is 8.05. The molecule has 0 aromatic heterocycles. The van der Waals surface area contributed by atoms with Gasteiger partial charge in [-0.05, 0) is 19.4 Å². The van der Waals surface area contributed by atoms with Gasteiger partial charge in [0.25, 0.3) is 0 Å². The SMILES string of the molecule is C/C=C/C1=CC=C(C)C(N)C1N. The maximum Gasteiger partial charge on any atom is 0.0487 e. The molecule has 0 radical (unpaired) electrons. The van der Waals surface area contributed by atoms with E-state index in [0.29, 0.717) is 0 Å². The average Bonchev–Trinajstić information content (AvgIpc) is 2.07. The normalized spacial score (nSPS) is 30.3. The van der Waals surface area contributed by atoms with Gasteiger partial charge >= 0.3 is 0 Å². The molecule has 66 valence electrons. The Morgan fingerprint density at radius 1 is 1.25 bits per heavy atom. The van der Waals surface area contributed by atoms with Crippen LogP contribution in [0.3, 0.4) is 0 Å². The lowest BCUT2D eigenvalue weighted by molar-refractivity contribution is 0.646. The Bertz CT molecular complexity index is 249. The molecular formula is C10H16N2. The lowest BCUT2D eigenvalue weighted by atomic mass is 9.90. The molecule has 0 amide bonds. The van der Waals surface area contributed by atoms with E-state index < -0.39 is 0 Å². The summed E-state index contributed by atoms with van der Waals surface area (Å²) in [5.41, 5.74) is 14.0. The lowest BCUT2D eigenvalue weighted by Gasteiger charge is -2.25. The molecule has 0 bridgehead atoms. The monoisotopic (exact) mass is 164 g/mol. The van der Waals surface area contributed by atoms with Gasteiger partial charge in [-0.25, -0.2) is 0 Å². The number of nitrogens with two attached hydrogens (primary N) is 2. The first-order valence-corrected chi connectivity index (χ1v) is 4.19. The van der Waals surface area contributed by atoms with Gasteiger partial charge in [-0.3, -0.25) is 0 Å². The van der Waals surface area contributed by atoms with Gasteiger partial charge in [-0.2, -0.15) is 0 Å². The zero-order chi connectivity index (χ0) is 9.14. The van der Waals surface area contributed by atoms with E-state index in [-0.39, 0.29) is 12.1 Å². The van der Waals surface area contributed by atoms with E-state index >= 15 is 0 Å². The Hall–Kier alpha value is -0.860. The second kappa shape index (κ2) is 3.70. The highest BCUT2D eigenvalue weighted by atomic mass is 14.8. The molecule has 0 aromatic carbocycles. The summed E-state index contributed by atoms with van der Waals surface area (Å²) < 4.78 is 0. The fourth-order valence-corrected chi connectivity index (χ4v) is 1.30. The minimum absolute atomic E-state index is 0.0267. The van der Waals surface area contributed by atoms with E-state index in [1.807, 2.05) is 38.2 Å². The van der Waals surface area contributed by atoms with Crippen molar-refractivity contribution >= 4 is 0 Å². The molecule has 0 aliphatic heterocycles. The highest BCUT2D eigenvalue weighted by molar-refractivity contribution is 5.38. The van der Waals surface area contributed by atoms with Crippen LogP contribution in [0, 0.1) is 0 Å². The average molecular weight is 164 g/mol. The van der Waals surface area contributed by atoms with Gasteiger partial charge in [0.1, 0.15) is 0 Å². The predicted octanol–water partition coefficient (Wildman–Crippen LogP) is 1.10. The van der Waals surface area contributed by atoms with Gasteiger partial charge in [-0.1, -0.05) is 29.9 Å². The molecule has 0 saturated heterocycles. The summed E-state index contributed by atoms with van der Waals surface area (Å²) in [5.74, 6) is 0. The first-order valence-electron chi connectivity index (χ1n) is 4.19. The van der Waals surface area contributed by atoms with Gasteiger partial charge in [0, 0.05) is 12.1 Å². The Morgan fingerprint density at radius 3 is 2.50 bits per heavy atom. The molecule has 12 heavy (non-hydrogen) atoms. The zero-order valence-corrected chi connectivity index (χ0v) is 7.62. The number of hydrogen-bond acceptors (Lipinski definition) is 2. The van der Waals surface area contributed by atoms with E-state index in [2.05, 4.69) is 0 Å². The Kier molecular flexibility index (Phi) is 2.84. The molecule has 0 fully saturated rings. The molecule has 1 aliphatic carbocycles. The Labute approximate surface area is 73.6 Å².